The van der Waals surface area contributed by atoms with Crippen molar-refractivity contribution in [3.63, 3.8) is 0 Å². The third-order valence-electron chi connectivity index (χ3n) is 2.89. The fourth-order valence-corrected chi connectivity index (χ4v) is 1.83. The van der Waals surface area contributed by atoms with E-state index in [1.54, 1.807) is 29.1 Å². The number of carboxylic acids is 1. The number of amides is 1. The second kappa shape index (κ2) is 6.14. The fourth-order valence-electron chi connectivity index (χ4n) is 1.83. The molecule has 0 aliphatic carbocycles. The van der Waals surface area contributed by atoms with Gasteiger partial charge in [0.2, 0.25) is 5.91 Å². The summed E-state index contributed by atoms with van der Waals surface area (Å²) in [6.45, 7) is 0.399. The van der Waals surface area contributed by atoms with Crippen LogP contribution >= 0.6 is 0 Å². The fraction of sp³-hybridized carbons (Fsp3) is 0.231. The molecule has 0 spiro atoms. The molecule has 0 aliphatic heterocycles. The molecule has 8 nitrogen and oxygen atoms in total. The summed E-state index contributed by atoms with van der Waals surface area (Å²) in [6.07, 6.45) is 1.73. The molecule has 0 saturated heterocycles. The summed E-state index contributed by atoms with van der Waals surface area (Å²) < 4.78 is 1.55. The highest BCUT2D eigenvalue weighted by atomic mass is 16.4. The van der Waals surface area contributed by atoms with Crippen molar-refractivity contribution < 1.29 is 14.7 Å². The Bertz CT molecular complexity index is 667. The topological polar surface area (TPSA) is 137 Å². The van der Waals surface area contributed by atoms with E-state index in [9.17, 15) is 9.59 Å². The monoisotopic (exact) mass is 289 g/mol. The van der Waals surface area contributed by atoms with E-state index in [-0.39, 0.29) is 6.42 Å². The van der Waals surface area contributed by atoms with Crippen molar-refractivity contribution in [2.24, 2.45) is 11.5 Å². The van der Waals surface area contributed by atoms with Crippen LogP contribution in [0.4, 0.5) is 0 Å². The second-order valence-electron chi connectivity index (χ2n) is 4.62. The number of hydrogen-bond donors (Lipinski definition) is 3. The second-order valence-corrected chi connectivity index (χ2v) is 4.62. The zero-order valence-corrected chi connectivity index (χ0v) is 11.1. The highest BCUT2D eigenvalue weighted by Crippen LogP contribution is 2.07. The number of carbonyl (C=O) groups is 2. The van der Waals surface area contributed by atoms with Gasteiger partial charge in [-0.15, -0.1) is 5.10 Å². The van der Waals surface area contributed by atoms with Gasteiger partial charge in [-0.3, -0.25) is 9.59 Å². The van der Waals surface area contributed by atoms with Crippen LogP contribution in [0.2, 0.25) is 0 Å². The number of carboxylic acid groups (broad SMARTS) is 1. The van der Waals surface area contributed by atoms with E-state index in [0.29, 0.717) is 17.8 Å². The normalized spacial score (nSPS) is 12.0. The maximum absolute atomic E-state index is 11.1. The third kappa shape index (κ3) is 3.86. The average Bonchev–Trinajstić information content (AvgIpc) is 2.86. The standard InChI is InChI=1S/C13H15N5O3/c14-11(13(20)21)5-10-7-18(17-16-10)6-8-2-1-3-9(4-8)12(15)19/h1-4,7,11H,5-6,14H2,(H2,15,19)(H,20,21). The highest BCUT2D eigenvalue weighted by Gasteiger charge is 2.14. The Morgan fingerprint density at radius 1 is 1.38 bits per heavy atom. The Balaban J connectivity index is 2.07. The molecule has 2 aromatic rings. The Morgan fingerprint density at radius 3 is 2.81 bits per heavy atom. The number of nitrogens with zero attached hydrogens (tertiary/aromatic N) is 3. The SMILES string of the molecule is NC(=O)c1cccc(Cn2cc(CC(N)C(=O)O)nn2)c1. The zero-order valence-electron chi connectivity index (χ0n) is 11.1. The molecule has 2 rings (SSSR count). The van der Waals surface area contributed by atoms with E-state index in [0.717, 1.165) is 5.56 Å². The summed E-state index contributed by atoms with van der Waals surface area (Å²) in [4.78, 5) is 21.8. The van der Waals surface area contributed by atoms with Crippen LogP contribution in [0.1, 0.15) is 21.6 Å². The Morgan fingerprint density at radius 2 is 2.14 bits per heavy atom. The predicted octanol–water partition coefficient (Wildman–Crippen LogP) is -0.620. The lowest BCUT2D eigenvalue weighted by atomic mass is 10.1. The van der Waals surface area contributed by atoms with Gasteiger partial charge in [-0.25, -0.2) is 4.68 Å². The van der Waals surface area contributed by atoms with Crippen molar-refractivity contribution in [2.75, 3.05) is 0 Å². The first-order valence-electron chi connectivity index (χ1n) is 6.22. The van der Waals surface area contributed by atoms with Gasteiger partial charge < -0.3 is 16.6 Å². The number of benzene rings is 1. The van der Waals surface area contributed by atoms with Gasteiger partial charge in [0.05, 0.1) is 12.2 Å². The maximum Gasteiger partial charge on any atom is 0.320 e. The van der Waals surface area contributed by atoms with Crippen LogP contribution in [0.3, 0.4) is 0 Å². The van der Waals surface area contributed by atoms with Crippen molar-refractivity contribution >= 4 is 11.9 Å². The van der Waals surface area contributed by atoms with Crippen LogP contribution in [-0.4, -0.2) is 38.0 Å². The molecular formula is C13H15N5O3. The maximum atomic E-state index is 11.1. The molecule has 0 aliphatic rings. The number of hydrogen-bond acceptors (Lipinski definition) is 5. The molecule has 5 N–H and O–H groups in total. The molecule has 1 unspecified atom stereocenters. The van der Waals surface area contributed by atoms with Crippen LogP contribution in [0.25, 0.3) is 0 Å². The van der Waals surface area contributed by atoms with Crippen molar-refractivity contribution in [2.45, 2.75) is 19.0 Å². The molecule has 0 bridgehead atoms. The predicted molar refractivity (Wildman–Crippen MR) is 73.4 cm³/mol. The molecule has 8 heteroatoms. The molecule has 1 aromatic heterocycles. The number of rotatable bonds is 6. The molecule has 1 amide bonds. The molecule has 110 valence electrons. The van der Waals surface area contributed by atoms with Crippen molar-refractivity contribution in [1.82, 2.24) is 15.0 Å². The lowest BCUT2D eigenvalue weighted by molar-refractivity contribution is -0.138. The van der Waals surface area contributed by atoms with Crippen LogP contribution in [0.15, 0.2) is 30.5 Å². The van der Waals surface area contributed by atoms with E-state index in [1.807, 2.05) is 6.07 Å². The number of primary amides is 1. The summed E-state index contributed by atoms with van der Waals surface area (Å²) in [5, 5.41) is 16.5. The van der Waals surface area contributed by atoms with Gasteiger partial charge in [-0.2, -0.15) is 0 Å². The summed E-state index contributed by atoms with van der Waals surface area (Å²) in [5.41, 5.74) is 12.4. The molecule has 0 saturated carbocycles. The van der Waals surface area contributed by atoms with Crippen LogP contribution in [0, 0.1) is 0 Å². The average molecular weight is 289 g/mol. The summed E-state index contributed by atoms with van der Waals surface area (Å²) in [5.74, 6) is -1.58. The van der Waals surface area contributed by atoms with E-state index in [1.165, 1.54) is 0 Å². The number of aliphatic carboxylic acids is 1. The number of aromatic nitrogens is 3. The van der Waals surface area contributed by atoms with Gasteiger partial charge in [0.1, 0.15) is 6.04 Å². The first kappa shape index (κ1) is 14.7. The number of carbonyl (C=O) groups excluding carboxylic acids is 1. The lowest BCUT2D eigenvalue weighted by Gasteiger charge is -2.03. The quantitative estimate of drug-likeness (QED) is 0.648. The van der Waals surface area contributed by atoms with Crippen LogP contribution < -0.4 is 11.5 Å². The highest BCUT2D eigenvalue weighted by molar-refractivity contribution is 5.92. The Labute approximate surface area is 120 Å². The van der Waals surface area contributed by atoms with E-state index in [4.69, 9.17) is 16.6 Å². The van der Waals surface area contributed by atoms with Crippen molar-refractivity contribution in [3.05, 3.63) is 47.3 Å². The van der Waals surface area contributed by atoms with Crippen molar-refractivity contribution in [1.29, 1.82) is 0 Å². The minimum Gasteiger partial charge on any atom is -0.480 e. The molecule has 0 fully saturated rings. The summed E-state index contributed by atoms with van der Waals surface area (Å²) in [6, 6.07) is 5.86. The first-order chi connectivity index (χ1) is 9.95. The van der Waals surface area contributed by atoms with E-state index >= 15 is 0 Å². The smallest absolute Gasteiger partial charge is 0.320 e. The van der Waals surface area contributed by atoms with Crippen molar-refractivity contribution in [3.8, 4) is 0 Å². The summed E-state index contributed by atoms with van der Waals surface area (Å²) >= 11 is 0. The van der Waals surface area contributed by atoms with Gasteiger partial charge in [-0.05, 0) is 17.7 Å². The molecule has 1 atom stereocenters. The largest absolute Gasteiger partial charge is 0.480 e. The molecular weight excluding hydrogens is 274 g/mol. The van der Waals surface area contributed by atoms with E-state index < -0.39 is 17.9 Å². The van der Waals surface area contributed by atoms with Gasteiger partial charge in [0, 0.05) is 18.2 Å². The summed E-state index contributed by atoms with van der Waals surface area (Å²) in [7, 11) is 0. The molecule has 0 radical (unpaired) electrons. The molecule has 21 heavy (non-hydrogen) atoms. The third-order valence-corrected chi connectivity index (χ3v) is 2.89. The van der Waals surface area contributed by atoms with E-state index in [2.05, 4.69) is 10.3 Å². The Kier molecular flexibility index (Phi) is 4.29. The molecule has 1 aromatic carbocycles. The number of nitrogens with two attached hydrogens (primary N) is 2. The van der Waals surface area contributed by atoms with Gasteiger partial charge in [0.15, 0.2) is 0 Å². The van der Waals surface area contributed by atoms with Crippen LogP contribution in [0.5, 0.6) is 0 Å². The molecule has 1 heterocycles. The lowest BCUT2D eigenvalue weighted by Crippen LogP contribution is -2.32. The van der Waals surface area contributed by atoms with Gasteiger partial charge in [0.25, 0.3) is 0 Å². The van der Waals surface area contributed by atoms with Crippen LogP contribution in [-0.2, 0) is 17.8 Å². The van der Waals surface area contributed by atoms with Gasteiger partial charge >= 0.3 is 5.97 Å². The minimum atomic E-state index is -1.08. The minimum absolute atomic E-state index is 0.108. The zero-order chi connectivity index (χ0) is 15.4. The first-order valence-corrected chi connectivity index (χ1v) is 6.22. The Hall–Kier alpha value is -2.74. The van der Waals surface area contributed by atoms with Gasteiger partial charge in [-0.1, -0.05) is 17.3 Å².